The highest BCUT2D eigenvalue weighted by molar-refractivity contribution is 7.86. The summed E-state index contributed by atoms with van der Waals surface area (Å²) >= 11 is 0. The van der Waals surface area contributed by atoms with E-state index in [-0.39, 0.29) is 16.4 Å². The lowest BCUT2D eigenvalue weighted by Gasteiger charge is -2.58. The van der Waals surface area contributed by atoms with Gasteiger partial charge in [-0.15, -0.1) is 0 Å². The van der Waals surface area contributed by atoms with E-state index < -0.39 is 10.1 Å². The molecule has 1 atom stereocenters. The second-order valence-electron chi connectivity index (χ2n) is 8.29. The molecule has 5 rings (SSSR count). The summed E-state index contributed by atoms with van der Waals surface area (Å²) in [5.74, 6) is 2.40. The molecule has 0 heterocycles. The molecule has 4 fully saturated rings. The molecule has 4 bridgehead atoms. The van der Waals surface area contributed by atoms with Crippen LogP contribution in [0.25, 0.3) is 0 Å². The van der Waals surface area contributed by atoms with Crippen LogP contribution in [0.15, 0.2) is 29.2 Å². The first kappa shape index (κ1) is 15.6. The molecule has 4 heteroatoms. The second kappa shape index (κ2) is 5.32. The van der Waals surface area contributed by atoms with Crippen molar-refractivity contribution in [1.29, 1.82) is 0 Å². The second-order valence-corrected chi connectivity index (χ2v) is 9.86. The fraction of sp³-hybridized carbons (Fsp3) is 0.684. The van der Waals surface area contributed by atoms with Crippen LogP contribution in [0, 0.1) is 30.1 Å². The summed E-state index contributed by atoms with van der Waals surface area (Å²) in [7, 11) is -3.67. The Morgan fingerprint density at radius 1 is 1.00 bits per heavy atom. The maximum Gasteiger partial charge on any atom is 0.297 e. The highest BCUT2D eigenvalue weighted by Crippen LogP contribution is 2.61. The average molecular weight is 334 g/mol. The van der Waals surface area contributed by atoms with Gasteiger partial charge in [-0.3, -0.25) is 4.18 Å². The third-order valence-corrected chi connectivity index (χ3v) is 7.92. The molecule has 4 aliphatic carbocycles. The van der Waals surface area contributed by atoms with Gasteiger partial charge in [0.1, 0.15) is 0 Å². The molecule has 0 N–H and O–H groups in total. The van der Waals surface area contributed by atoms with Crippen LogP contribution < -0.4 is 0 Å². The summed E-state index contributed by atoms with van der Waals surface area (Å²) in [6, 6.07) is 6.95. The third kappa shape index (κ3) is 2.74. The molecular weight excluding hydrogens is 308 g/mol. The minimum atomic E-state index is -3.67. The molecule has 0 spiro atoms. The van der Waals surface area contributed by atoms with Gasteiger partial charge in [0.15, 0.2) is 0 Å². The van der Waals surface area contributed by atoms with E-state index in [1.54, 1.807) is 12.1 Å². The first-order valence-electron chi connectivity index (χ1n) is 8.86. The molecule has 126 valence electrons. The molecule has 3 nitrogen and oxygen atoms in total. The minimum absolute atomic E-state index is 0.0898. The lowest BCUT2D eigenvalue weighted by molar-refractivity contribution is -0.104. The summed E-state index contributed by atoms with van der Waals surface area (Å²) < 4.78 is 31.0. The molecule has 0 aromatic heterocycles. The predicted octanol–water partition coefficient (Wildman–Crippen LogP) is 4.31. The van der Waals surface area contributed by atoms with Crippen LogP contribution in [0.2, 0.25) is 0 Å². The van der Waals surface area contributed by atoms with Crippen LogP contribution in [0.3, 0.4) is 0 Å². The Kier molecular flexibility index (Phi) is 3.62. The Bertz CT molecular complexity index is 655. The summed E-state index contributed by atoms with van der Waals surface area (Å²) in [4.78, 5) is 0.277. The van der Waals surface area contributed by atoms with E-state index in [1.807, 2.05) is 26.0 Å². The zero-order chi connectivity index (χ0) is 16.2. The minimum Gasteiger partial charge on any atom is -0.263 e. The highest BCUT2D eigenvalue weighted by atomic mass is 32.2. The Labute approximate surface area is 139 Å². The van der Waals surface area contributed by atoms with Gasteiger partial charge in [0, 0.05) is 0 Å². The van der Waals surface area contributed by atoms with Crippen molar-refractivity contribution < 1.29 is 12.6 Å². The molecule has 0 radical (unpaired) electrons. The molecule has 4 aliphatic rings. The van der Waals surface area contributed by atoms with Gasteiger partial charge in [-0.25, -0.2) is 0 Å². The van der Waals surface area contributed by atoms with Crippen LogP contribution in [0.4, 0.5) is 0 Å². The van der Waals surface area contributed by atoms with Gasteiger partial charge in [0.2, 0.25) is 0 Å². The lowest BCUT2D eigenvalue weighted by atomic mass is 9.48. The Morgan fingerprint density at radius 2 is 1.48 bits per heavy atom. The Morgan fingerprint density at radius 3 is 1.96 bits per heavy atom. The van der Waals surface area contributed by atoms with E-state index in [2.05, 4.69) is 0 Å². The quantitative estimate of drug-likeness (QED) is 0.771. The maximum absolute atomic E-state index is 12.6. The van der Waals surface area contributed by atoms with Crippen molar-refractivity contribution >= 4 is 10.1 Å². The maximum atomic E-state index is 12.6. The van der Waals surface area contributed by atoms with Crippen molar-refractivity contribution in [1.82, 2.24) is 0 Å². The van der Waals surface area contributed by atoms with E-state index >= 15 is 0 Å². The lowest BCUT2D eigenvalue weighted by Crippen LogP contribution is -2.51. The van der Waals surface area contributed by atoms with Crippen LogP contribution >= 0.6 is 0 Å². The summed E-state index contributed by atoms with van der Waals surface area (Å²) in [6.07, 6.45) is 7.32. The summed E-state index contributed by atoms with van der Waals surface area (Å²) in [5.41, 5.74) is 1.14. The highest BCUT2D eigenvalue weighted by Gasteiger charge is 2.54. The van der Waals surface area contributed by atoms with Gasteiger partial charge in [0.25, 0.3) is 10.1 Å². The molecule has 1 aromatic rings. The van der Waals surface area contributed by atoms with Crippen molar-refractivity contribution in [3.05, 3.63) is 29.8 Å². The molecule has 0 amide bonds. The zero-order valence-electron chi connectivity index (χ0n) is 14.0. The van der Waals surface area contributed by atoms with Crippen molar-refractivity contribution in [3.8, 4) is 0 Å². The molecule has 0 saturated heterocycles. The predicted molar refractivity (Wildman–Crippen MR) is 89.5 cm³/mol. The Balaban J connectivity index is 1.55. The average Bonchev–Trinajstić information content (AvgIpc) is 2.45. The zero-order valence-corrected chi connectivity index (χ0v) is 14.8. The monoisotopic (exact) mass is 334 g/mol. The van der Waals surface area contributed by atoms with E-state index in [1.165, 1.54) is 19.3 Å². The van der Waals surface area contributed by atoms with E-state index in [4.69, 9.17) is 4.18 Å². The first-order valence-corrected chi connectivity index (χ1v) is 10.3. The number of benzene rings is 1. The van der Waals surface area contributed by atoms with E-state index in [0.29, 0.717) is 0 Å². The van der Waals surface area contributed by atoms with Gasteiger partial charge in [-0.05, 0) is 87.7 Å². The largest absolute Gasteiger partial charge is 0.297 e. The van der Waals surface area contributed by atoms with Gasteiger partial charge in [-0.1, -0.05) is 17.7 Å². The van der Waals surface area contributed by atoms with Gasteiger partial charge in [0.05, 0.1) is 11.0 Å². The standard InChI is InChI=1S/C19H26O3S/c1-13-3-5-18(6-4-13)23(20,21)22-14(2)19-10-15-7-16(11-19)9-17(8-15)12-19/h3-6,14-17H,7-12H2,1-2H3/t14-,15?,16?,17?,19?/m1/s1. The number of hydrogen-bond acceptors (Lipinski definition) is 3. The molecule has 23 heavy (non-hydrogen) atoms. The van der Waals surface area contributed by atoms with Crippen LogP contribution in [-0.4, -0.2) is 14.5 Å². The smallest absolute Gasteiger partial charge is 0.263 e. The van der Waals surface area contributed by atoms with Crippen molar-refractivity contribution in [2.75, 3.05) is 0 Å². The van der Waals surface area contributed by atoms with E-state index in [0.717, 1.165) is 42.6 Å². The normalized spacial score (nSPS) is 37.0. The topological polar surface area (TPSA) is 43.4 Å². The number of hydrogen-bond donors (Lipinski definition) is 0. The molecular formula is C19H26O3S. The molecule has 1 aromatic carbocycles. The molecule has 0 unspecified atom stereocenters. The van der Waals surface area contributed by atoms with Crippen LogP contribution in [0.5, 0.6) is 0 Å². The van der Waals surface area contributed by atoms with Crippen molar-refractivity contribution in [2.24, 2.45) is 23.2 Å². The fourth-order valence-corrected chi connectivity index (χ4v) is 6.89. The van der Waals surface area contributed by atoms with Crippen LogP contribution in [-0.2, 0) is 14.3 Å². The third-order valence-electron chi connectivity index (χ3n) is 6.53. The summed E-state index contributed by atoms with van der Waals surface area (Å²) in [5, 5.41) is 0. The summed E-state index contributed by atoms with van der Waals surface area (Å²) in [6.45, 7) is 3.94. The van der Waals surface area contributed by atoms with Crippen molar-refractivity contribution in [3.63, 3.8) is 0 Å². The fourth-order valence-electron chi connectivity index (χ4n) is 5.73. The van der Waals surface area contributed by atoms with Crippen molar-refractivity contribution in [2.45, 2.75) is 63.4 Å². The number of rotatable bonds is 4. The molecule has 4 saturated carbocycles. The number of aryl methyl sites for hydroxylation is 1. The van der Waals surface area contributed by atoms with Gasteiger partial charge in [-0.2, -0.15) is 8.42 Å². The van der Waals surface area contributed by atoms with Gasteiger partial charge >= 0.3 is 0 Å². The first-order chi connectivity index (χ1) is 10.9. The molecule has 0 aliphatic heterocycles. The van der Waals surface area contributed by atoms with E-state index in [9.17, 15) is 8.42 Å². The van der Waals surface area contributed by atoms with Gasteiger partial charge < -0.3 is 0 Å². The SMILES string of the molecule is Cc1ccc(S(=O)(=O)O[C@H](C)C23CC4CC(CC(C4)C2)C3)cc1. The van der Waals surface area contributed by atoms with Crippen LogP contribution in [0.1, 0.15) is 51.0 Å². The Hall–Kier alpha value is -0.870.